The van der Waals surface area contributed by atoms with E-state index in [1.54, 1.807) is 24.3 Å². The number of carboxylic acids is 1. The maximum absolute atomic E-state index is 14.6. The fourth-order valence-electron chi connectivity index (χ4n) is 8.60. The highest BCUT2D eigenvalue weighted by atomic mass is 32.1. The molecule has 4 aromatic rings. The molecule has 3 aromatic carbocycles. The monoisotopic (exact) mass is 822 g/mol. The van der Waals surface area contributed by atoms with Gasteiger partial charge in [-0.05, 0) is 59.4 Å². The van der Waals surface area contributed by atoms with E-state index >= 15 is 0 Å². The van der Waals surface area contributed by atoms with Gasteiger partial charge in [-0.2, -0.15) is 0 Å². The molecule has 0 aliphatic heterocycles. The molecule has 13 heteroatoms. The molecule has 1 aromatic heterocycles. The van der Waals surface area contributed by atoms with Gasteiger partial charge in [0.2, 0.25) is 5.91 Å². The number of hydrogen-bond donors (Lipinski definition) is 3. The smallest absolute Gasteiger partial charge is 0.408 e. The Hall–Kier alpha value is -5.56. The largest absolute Gasteiger partial charge is 0.481 e. The lowest BCUT2D eigenvalue weighted by Gasteiger charge is -2.39. The van der Waals surface area contributed by atoms with Gasteiger partial charge >= 0.3 is 18.0 Å². The molecule has 0 saturated heterocycles. The molecule has 0 bridgehead atoms. The third kappa shape index (κ3) is 10.2. The lowest BCUT2D eigenvalue weighted by molar-refractivity contribution is -0.149. The molecule has 59 heavy (non-hydrogen) atoms. The third-order valence-electron chi connectivity index (χ3n) is 11.7. The number of nitrogens with one attached hydrogen (secondary N) is 2. The predicted octanol–water partition coefficient (Wildman–Crippen LogP) is 7.92. The Morgan fingerprint density at radius 3 is 2.10 bits per heavy atom. The van der Waals surface area contributed by atoms with Crippen LogP contribution in [0.4, 0.5) is 4.79 Å². The summed E-state index contributed by atoms with van der Waals surface area (Å²) in [4.78, 5) is 72.1. The Kier molecular flexibility index (Phi) is 13.9. The first-order chi connectivity index (χ1) is 28.3. The maximum Gasteiger partial charge on any atom is 0.408 e. The minimum atomic E-state index is -1.16. The zero-order chi connectivity index (χ0) is 42.3. The van der Waals surface area contributed by atoms with Crippen LogP contribution in [-0.4, -0.2) is 76.1 Å². The van der Waals surface area contributed by atoms with Crippen molar-refractivity contribution < 1.29 is 38.6 Å². The van der Waals surface area contributed by atoms with Crippen LogP contribution in [0.15, 0.2) is 84.2 Å². The number of carbonyl (C=O) groups excluding carboxylic acids is 4. The Morgan fingerprint density at radius 2 is 1.51 bits per heavy atom. The molecule has 0 spiro atoms. The Bertz CT molecular complexity index is 2090. The Morgan fingerprint density at radius 1 is 0.898 bits per heavy atom. The number of carboxylic acid groups (broad SMARTS) is 1. The summed E-state index contributed by atoms with van der Waals surface area (Å²) >= 11 is 1.17. The minimum absolute atomic E-state index is 0.0902. The van der Waals surface area contributed by atoms with Crippen molar-refractivity contribution in [3.05, 3.63) is 112 Å². The van der Waals surface area contributed by atoms with Crippen molar-refractivity contribution in [1.82, 2.24) is 20.5 Å². The SMILES string of the molecule is CC(=O)O[C@H](C[C@@H](C(C)C)N(C)C(=O)C1(NC(=O)OCC2c3ccccc3-c3ccccc32)CCCC1)c1nc(C(=O)N[C@H](Cc2ccccc2)C[C@@H](C)C(=O)O)cs1. The number of hydrogen-bond acceptors (Lipinski definition) is 9. The summed E-state index contributed by atoms with van der Waals surface area (Å²) in [6.45, 7) is 6.99. The zero-order valence-corrected chi connectivity index (χ0v) is 35.1. The van der Waals surface area contributed by atoms with E-state index in [1.165, 1.54) is 18.3 Å². The average molecular weight is 823 g/mol. The predicted molar refractivity (Wildman–Crippen MR) is 225 cm³/mol. The number of benzene rings is 3. The fourth-order valence-corrected chi connectivity index (χ4v) is 9.44. The number of thiazole rings is 1. The topological polar surface area (TPSA) is 164 Å². The van der Waals surface area contributed by atoms with Gasteiger partial charge in [-0.15, -0.1) is 11.3 Å². The molecule has 12 nitrogen and oxygen atoms in total. The van der Waals surface area contributed by atoms with Gasteiger partial charge in [0.25, 0.3) is 5.91 Å². The summed E-state index contributed by atoms with van der Waals surface area (Å²) in [5.74, 6) is -3.11. The van der Waals surface area contributed by atoms with Crippen LogP contribution in [0.5, 0.6) is 0 Å². The van der Waals surface area contributed by atoms with Crippen molar-refractivity contribution in [2.24, 2.45) is 11.8 Å². The maximum atomic E-state index is 14.6. The number of aliphatic carboxylic acids is 1. The molecule has 2 aliphatic rings. The lowest BCUT2D eigenvalue weighted by atomic mass is 9.91. The molecule has 1 fully saturated rings. The quantitative estimate of drug-likeness (QED) is 0.0898. The van der Waals surface area contributed by atoms with E-state index in [0.717, 1.165) is 40.7 Å². The van der Waals surface area contributed by atoms with E-state index in [0.29, 0.717) is 24.3 Å². The fraction of sp³-hybridized carbons (Fsp3) is 0.435. The molecule has 6 rings (SSSR count). The van der Waals surface area contributed by atoms with Crippen LogP contribution in [0, 0.1) is 11.8 Å². The van der Waals surface area contributed by atoms with Gasteiger partial charge in [0.05, 0.1) is 5.92 Å². The number of rotatable bonds is 17. The van der Waals surface area contributed by atoms with Crippen LogP contribution in [0.25, 0.3) is 11.1 Å². The second kappa shape index (κ2) is 19.0. The highest BCUT2D eigenvalue weighted by Gasteiger charge is 2.47. The first-order valence-corrected chi connectivity index (χ1v) is 21.2. The van der Waals surface area contributed by atoms with Gasteiger partial charge in [-0.3, -0.25) is 19.2 Å². The van der Waals surface area contributed by atoms with E-state index < -0.39 is 53.6 Å². The van der Waals surface area contributed by atoms with E-state index in [-0.39, 0.29) is 42.9 Å². The summed E-state index contributed by atoms with van der Waals surface area (Å²) < 4.78 is 11.7. The molecule has 1 saturated carbocycles. The van der Waals surface area contributed by atoms with Gasteiger partial charge < -0.3 is 30.1 Å². The van der Waals surface area contributed by atoms with Crippen molar-refractivity contribution in [1.29, 1.82) is 0 Å². The second-order valence-electron chi connectivity index (χ2n) is 16.2. The Balaban J connectivity index is 1.14. The first kappa shape index (κ1) is 43.0. The van der Waals surface area contributed by atoms with E-state index in [2.05, 4.69) is 39.9 Å². The lowest BCUT2D eigenvalue weighted by Crippen LogP contribution is -2.60. The molecule has 0 radical (unpaired) electrons. The summed E-state index contributed by atoms with van der Waals surface area (Å²) in [5, 5.41) is 17.5. The molecular formula is C46H54N4O8S. The number of esters is 1. The number of amides is 3. The van der Waals surface area contributed by atoms with E-state index in [9.17, 15) is 29.1 Å². The molecule has 312 valence electrons. The number of likely N-dealkylation sites (N-methyl/N-ethyl adjacent to an activating group) is 1. The van der Waals surface area contributed by atoms with Crippen molar-refractivity contribution in [3.8, 4) is 11.1 Å². The van der Waals surface area contributed by atoms with Crippen LogP contribution in [-0.2, 0) is 30.3 Å². The number of aromatic nitrogens is 1. The number of alkyl carbamates (subject to hydrolysis) is 1. The van der Waals surface area contributed by atoms with Crippen molar-refractivity contribution in [3.63, 3.8) is 0 Å². The molecule has 4 atom stereocenters. The highest BCUT2D eigenvalue weighted by molar-refractivity contribution is 7.09. The molecule has 2 aliphatic carbocycles. The number of ether oxygens (including phenoxy) is 2. The highest BCUT2D eigenvalue weighted by Crippen LogP contribution is 2.44. The van der Waals surface area contributed by atoms with Crippen LogP contribution < -0.4 is 10.6 Å². The van der Waals surface area contributed by atoms with Gasteiger partial charge in [-0.25, -0.2) is 9.78 Å². The zero-order valence-electron chi connectivity index (χ0n) is 34.3. The minimum Gasteiger partial charge on any atom is -0.481 e. The summed E-state index contributed by atoms with van der Waals surface area (Å²) in [7, 11) is 1.71. The second-order valence-corrected chi connectivity index (χ2v) is 17.1. The van der Waals surface area contributed by atoms with Crippen molar-refractivity contribution in [2.45, 2.75) is 102 Å². The van der Waals surface area contributed by atoms with Gasteiger partial charge in [-0.1, -0.05) is 112 Å². The molecule has 3 amide bonds. The number of nitrogens with zero attached hydrogens (tertiary/aromatic N) is 2. The van der Waals surface area contributed by atoms with Gasteiger partial charge in [0.1, 0.15) is 22.8 Å². The van der Waals surface area contributed by atoms with E-state index in [4.69, 9.17) is 9.47 Å². The van der Waals surface area contributed by atoms with Crippen molar-refractivity contribution in [2.75, 3.05) is 13.7 Å². The summed E-state index contributed by atoms with van der Waals surface area (Å²) in [5.41, 5.74) is 4.35. The third-order valence-corrected chi connectivity index (χ3v) is 12.6. The summed E-state index contributed by atoms with van der Waals surface area (Å²) in [6, 6.07) is 24.8. The van der Waals surface area contributed by atoms with Crippen LogP contribution in [0.1, 0.15) is 110 Å². The van der Waals surface area contributed by atoms with Gasteiger partial charge in [0, 0.05) is 43.8 Å². The molecular weight excluding hydrogens is 769 g/mol. The Labute approximate surface area is 349 Å². The van der Waals surface area contributed by atoms with E-state index in [1.807, 2.05) is 68.4 Å². The van der Waals surface area contributed by atoms with Gasteiger partial charge in [0.15, 0.2) is 6.10 Å². The molecule has 1 heterocycles. The standard InChI is InChI=1S/C46H54N4O8S/c1-28(2)39(25-40(58-30(4)51)42-48-38(27-59-42)41(52)47-32(23-29(3)43(53)54)24-31-15-7-6-8-16-31)50(5)44(55)46(21-13-14-22-46)49-45(56)57-26-37-35-19-11-9-17-33(35)34-18-10-12-20-36(34)37/h6-12,15-20,27-29,32,37,39-40H,13-14,21-26H2,1-5H3,(H,47,52)(H,49,56)(H,53,54)/t29-,32+,39+,40-/m1/s1. The number of fused-ring (bicyclic) bond motifs is 3. The van der Waals surface area contributed by atoms with Crippen molar-refractivity contribution >= 4 is 41.2 Å². The summed E-state index contributed by atoms with van der Waals surface area (Å²) in [6.07, 6.45) is 1.77. The first-order valence-electron chi connectivity index (χ1n) is 20.4. The normalized spacial score (nSPS) is 16.2. The van der Waals surface area contributed by atoms with Crippen LogP contribution in [0.3, 0.4) is 0 Å². The molecule has 3 N–H and O–H groups in total. The van der Waals surface area contributed by atoms with Crippen LogP contribution in [0.2, 0.25) is 0 Å². The number of carbonyl (C=O) groups is 5. The molecule has 0 unspecified atom stereocenters. The van der Waals surface area contributed by atoms with Crippen LogP contribution >= 0.6 is 11.3 Å². The average Bonchev–Trinajstić information content (AvgIpc) is 3.97.